The zero-order chi connectivity index (χ0) is 24.8. The molecule has 2 aromatic carbocycles. The summed E-state index contributed by atoms with van der Waals surface area (Å²) in [5.41, 5.74) is 5.65. The minimum Gasteiger partial charge on any atom is -0.465 e. The van der Waals surface area contributed by atoms with E-state index in [-0.39, 0.29) is 0 Å². The lowest BCUT2D eigenvalue weighted by atomic mass is 9.84. The van der Waals surface area contributed by atoms with Crippen molar-refractivity contribution in [3.8, 4) is 11.1 Å². The summed E-state index contributed by atoms with van der Waals surface area (Å²) in [5, 5.41) is 14.8. The highest BCUT2D eigenvalue weighted by molar-refractivity contribution is 5.97. The van der Waals surface area contributed by atoms with Gasteiger partial charge in [-0.15, -0.1) is 0 Å². The van der Waals surface area contributed by atoms with Gasteiger partial charge in [0.2, 0.25) is 5.91 Å². The average molecular weight is 467 g/mol. The van der Waals surface area contributed by atoms with E-state index in [1.54, 1.807) is 24.7 Å². The van der Waals surface area contributed by atoms with Crippen LogP contribution >= 0.6 is 0 Å². The first-order valence-corrected chi connectivity index (χ1v) is 11.2. The number of nitrogens with zero attached hydrogens (tertiary/aromatic N) is 2. The van der Waals surface area contributed by atoms with Gasteiger partial charge in [-0.3, -0.25) is 9.78 Å². The molecule has 0 aliphatic rings. The van der Waals surface area contributed by atoms with Crippen molar-refractivity contribution < 1.29 is 14.7 Å². The van der Waals surface area contributed by atoms with Crippen molar-refractivity contribution >= 4 is 17.8 Å². The minimum atomic E-state index is -1.28. The van der Waals surface area contributed by atoms with Crippen LogP contribution in [0.1, 0.15) is 28.2 Å². The number of hydrogen-bond acceptors (Lipinski definition) is 4. The van der Waals surface area contributed by atoms with E-state index >= 15 is 0 Å². The summed E-state index contributed by atoms with van der Waals surface area (Å²) in [4.78, 5) is 33.7. The zero-order valence-corrected chi connectivity index (χ0v) is 19.5. The van der Waals surface area contributed by atoms with Crippen LogP contribution in [0.3, 0.4) is 0 Å². The Labute approximate surface area is 203 Å². The number of aryl methyl sites for hydroxylation is 2. The lowest BCUT2D eigenvalue weighted by Crippen LogP contribution is -2.47. The number of aromatic nitrogens is 2. The summed E-state index contributed by atoms with van der Waals surface area (Å²) in [6.45, 7) is 3.97. The molecule has 0 fully saturated rings. The molecule has 3 N–H and O–H groups in total. The Morgan fingerprint density at radius 3 is 1.86 bits per heavy atom. The Kier molecular flexibility index (Phi) is 7.16. The highest BCUT2D eigenvalue weighted by Crippen LogP contribution is 2.30. The molecule has 0 bridgehead atoms. The number of nitrogens with one attached hydrogen (secondary N) is 2. The number of amides is 2. The number of anilines is 1. The smallest absolute Gasteiger partial charge is 0.405 e. The Hall–Kier alpha value is -4.52. The largest absolute Gasteiger partial charge is 0.465 e. The third-order valence-corrected chi connectivity index (χ3v) is 5.84. The Morgan fingerprint density at radius 1 is 0.800 bits per heavy atom. The number of carbonyl (C=O) groups excluding carboxylic acids is 1. The van der Waals surface area contributed by atoms with Gasteiger partial charge in [0.1, 0.15) is 11.9 Å². The fourth-order valence-corrected chi connectivity index (χ4v) is 4.31. The van der Waals surface area contributed by atoms with E-state index in [0.29, 0.717) is 5.82 Å². The van der Waals surface area contributed by atoms with Gasteiger partial charge in [0.25, 0.3) is 0 Å². The maximum atomic E-state index is 13.4. The molecule has 2 amide bonds. The van der Waals surface area contributed by atoms with Crippen molar-refractivity contribution in [2.45, 2.75) is 25.8 Å². The highest BCUT2D eigenvalue weighted by atomic mass is 16.4. The average Bonchev–Trinajstić information content (AvgIpc) is 2.86. The Balaban J connectivity index is 1.64. The summed E-state index contributed by atoms with van der Waals surface area (Å²) >= 11 is 0. The first kappa shape index (κ1) is 23.6. The van der Waals surface area contributed by atoms with Gasteiger partial charge >= 0.3 is 6.09 Å². The second-order valence-corrected chi connectivity index (χ2v) is 8.30. The number of hydrogen-bond donors (Lipinski definition) is 3. The van der Waals surface area contributed by atoms with Crippen LogP contribution in [0.25, 0.3) is 11.1 Å². The monoisotopic (exact) mass is 466 g/mol. The molecule has 0 saturated heterocycles. The molecule has 0 spiro atoms. The van der Waals surface area contributed by atoms with Crippen LogP contribution in [0.2, 0.25) is 0 Å². The molecule has 1 unspecified atom stereocenters. The van der Waals surface area contributed by atoms with E-state index in [1.807, 2.05) is 80.6 Å². The van der Waals surface area contributed by atoms with Crippen LogP contribution in [-0.4, -0.2) is 33.1 Å². The lowest BCUT2D eigenvalue weighted by molar-refractivity contribution is -0.118. The summed E-state index contributed by atoms with van der Waals surface area (Å²) in [5.74, 6) is -0.698. The molecule has 35 heavy (non-hydrogen) atoms. The molecule has 7 heteroatoms. The van der Waals surface area contributed by atoms with E-state index < -0.39 is 24.0 Å². The predicted molar refractivity (Wildman–Crippen MR) is 135 cm³/mol. The fraction of sp³-hybridized carbons (Fsp3) is 0.143. The van der Waals surface area contributed by atoms with Gasteiger partial charge in [0.15, 0.2) is 0 Å². The quantitative estimate of drug-likeness (QED) is 0.349. The number of pyridine rings is 2. The molecular weight excluding hydrogens is 440 g/mol. The van der Waals surface area contributed by atoms with Gasteiger partial charge in [0, 0.05) is 30.1 Å². The first-order chi connectivity index (χ1) is 16.9. The molecule has 4 aromatic rings. The van der Waals surface area contributed by atoms with Gasteiger partial charge < -0.3 is 15.7 Å². The van der Waals surface area contributed by atoms with Crippen molar-refractivity contribution in [3.05, 3.63) is 114 Å². The number of carbonyl (C=O) groups is 2. The van der Waals surface area contributed by atoms with Crippen LogP contribution in [0.4, 0.5) is 10.6 Å². The highest BCUT2D eigenvalue weighted by Gasteiger charge is 2.32. The van der Waals surface area contributed by atoms with E-state index in [2.05, 4.69) is 20.6 Å². The minimum absolute atomic E-state index is 0.333. The number of carboxylic acid groups (broad SMARTS) is 1. The van der Waals surface area contributed by atoms with Gasteiger partial charge in [-0.25, -0.2) is 9.78 Å². The molecule has 0 aliphatic heterocycles. The van der Waals surface area contributed by atoms with Gasteiger partial charge in [-0.2, -0.15) is 0 Å². The topological polar surface area (TPSA) is 104 Å². The molecule has 176 valence electrons. The Bertz CT molecular complexity index is 1250. The molecule has 7 nitrogen and oxygen atoms in total. The Morgan fingerprint density at radius 2 is 1.37 bits per heavy atom. The van der Waals surface area contributed by atoms with Crippen LogP contribution < -0.4 is 10.6 Å². The van der Waals surface area contributed by atoms with Crippen molar-refractivity contribution in [1.29, 1.82) is 0 Å². The molecule has 2 heterocycles. The van der Waals surface area contributed by atoms with Crippen molar-refractivity contribution in [1.82, 2.24) is 15.3 Å². The summed E-state index contributed by atoms with van der Waals surface area (Å²) in [6.07, 6.45) is 4.01. The van der Waals surface area contributed by atoms with Crippen molar-refractivity contribution in [2.75, 3.05) is 5.32 Å². The summed E-state index contributed by atoms with van der Waals surface area (Å²) in [6, 6.07) is 21.3. The third-order valence-electron chi connectivity index (χ3n) is 5.84. The zero-order valence-electron chi connectivity index (χ0n) is 19.5. The molecule has 0 saturated carbocycles. The molecule has 4 rings (SSSR count). The van der Waals surface area contributed by atoms with Crippen molar-refractivity contribution in [2.24, 2.45) is 0 Å². The van der Waals surface area contributed by atoms with Crippen LogP contribution in [0, 0.1) is 13.8 Å². The number of rotatable bonds is 7. The number of benzene rings is 2. The normalized spacial score (nSPS) is 11.6. The van der Waals surface area contributed by atoms with Gasteiger partial charge in [-0.1, -0.05) is 60.7 Å². The molecule has 0 radical (unpaired) electrons. The second-order valence-electron chi connectivity index (χ2n) is 8.30. The fourth-order valence-electron chi connectivity index (χ4n) is 4.31. The molecule has 0 aliphatic carbocycles. The lowest BCUT2D eigenvalue weighted by Gasteiger charge is -2.27. The van der Waals surface area contributed by atoms with Crippen LogP contribution in [0.15, 0.2) is 91.4 Å². The van der Waals surface area contributed by atoms with E-state index in [9.17, 15) is 14.7 Å². The van der Waals surface area contributed by atoms with Crippen LogP contribution in [-0.2, 0) is 4.79 Å². The van der Waals surface area contributed by atoms with Crippen molar-refractivity contribution in [3.63, 3.8) is 0 Å². The summed E-state index contributed by atoms with van der Waals surface area (Å²) in [7, 11) is 0. The third kappa shape index (κ3) is 5.52. The van der Waals surface area contributed by atoms with E-state index in [1.165, 1.54) is 0 Å². The van der Waals surface area contributed by atoms with Gasteiger partial charge in [0.05, 0.1) is 0 Å². The maximum absolute atomic E-state index is 13.4. The van der Waals surface area contributed by atoms with E-state index in [0.717, 1.165) is 33.4 Å². The standard InChI is InChI=1S/C28H26N4O3/c1-18-15-29-16-19(2)24(18)22-13-14-23(30-17-22)31-27(33)26(32-28(34)35)25(20-9-5-3-6-10-20)21-11-7-4-8-12-21/h3-17,25-26,32H,1-2H3,(H,34,35)(H,30,31,33). The maximum Gasteiger partial charge on any atom is 0.405 e. The molecular formula is C28H26N4O3. The second kappa shape index (κ2) is 10.6. The van der Waals surface area contributed by atoms with Crippen LogP contribution in [0.5, 0.6) is 0 Å². The molecule has 1 atom stereocenters. The predicted octanol–water partition coefficient (Wildman–Crippen LogP) is 5.17. The van der Waals surface area contributed by atoms with Gasteiger partial charge in [-0.05, 0) is 53.8 Å². The SMILES string of the molecule is Cc1cncc(C)c1-c1ccc(NC(=O)C(NC(=O)O)C(c2ccccc2)c2ccccc2)nc1. The molecule has 2 aromatic heterocycles. The summed E-state index contributed by atoms with van der Waals surface area (Å²) < 4.78 is 0. The van der Waals surface area contributed by atoms with E-state index in [4.69, 9.17) is 0 Å². The first-order valence-electron chi connectivity index (χ1n) is 11.2.